The van der Waals surface area contributed by atoms with Crippen LogP contribution in [0, 0.1) is 5.82 Å². The number of para-hydroxylation sites is 1. The van der Waals surface area contributed by atoms with Crippen molar-refractivity contribution >= 4 is 21.6 Å². The van der Waals surface area contributed by atoms with Crippen LogP contribution in [0.3, 0.4) is 0 Å². The molecule has 0 fully saturated rings. The van der Waals surface area contributed by atoms with E-state index in [0.717, 1.165) is 0 Å². The normalized spacial score (nSPS) is 14.2. The number of benzene rings is 1. The third-order valence-electron chi connectivity index (χ3n) is 2.45. The first kappa shape index (κ1) is 16.4. The summed E-state index contributed by atoms with van der Waals surface area (Å²) in [6.07, 6.45) is -0.800. The Bertz CT molecular complexity index is 372. The minimum Gasteiger partial charge on any atom is -0.389 e. The van der Waals surface area contributed by atoms with Crippen LogP contribution in [0.4, 0.5) is 10.1 Å². The molecule has 1 aromatic rings. The zero-order valence-corrected chi connectivity index (χ0v) is 12.6. The van der Waals surface area contributed by atoms with Crippen molar-refractivity contribution in [1.82, 2.24) is 0 Å². The van der Waals surface area contributed by atoms with Gasteiger partial charge in [0.15, 0.2) is 0 Å². The van der Waals surface area contributed by atoms with Gasteiger partial charge in [0.25, 0.3) is 0 Å². The molecule has 0 saturated carbocycles. The molecule has 0 spiro atoms. The van der Waals surface area contributed by atoms with Gasteiger partial charge in [0.05, 0.1) is 31.1 Å². The topological polar surface area (TPSA) is 50.7 Å². The molecule has 1 aromatic carbocycles. The second-order valence-electron chi connectivity index (χ2n) is 4.23. The first-order chi connectivity index (χ1) is 9.04. The summed E-state index contributed by atoms with van der Waals surface area (Å²) < 4.78 is 24.4. The summed E-state index contributed by atoms with van der Waals surface area (Å²) in [6.45, 7) is 2.71. The molecule has 108 valence electrons. The van der Waals surface area contributed by atoms with E-state index >= 15 is 0 Å². The fraction of sp³-hybridized carbons (Fsp3) is 0.538. The SMILES string of the molecule is COCC(C)OCC(O)CNc1c(F)cccc1Br. The number of hydrogen-bond acceptors (Lipinski definition) is 4. The molecule has 0 aliphatic heterocycles. The van der Waals surface area contributed by atoms with Gasteiger partial charge < -0.3 is 19.9 Å². The third kappa shape index (κ3) is 5.86. The van der Waals surface area contributed by atoms with Crippen LogP contribution in [-0.2, 0) is 9.47 Å². The number of methoxy groups -OCH3 is 1. The monoisotopic (exact) mass is 335 g/mol. The van der Waals surface area contributed by atoms with Gasteiger partial charge >= 0.3 is 0 Å². The van der Waals surface area contributed by atoms with Gasteiger partial charge in [0.2, 0.25) is 0 Å². The second kappa shape index (κ2) is 8.47. The number of ether oxygens (including phenoxy) is 2. The fourth-order valence-electron chi connectivity index (χ4n) is 1.50. The Kier molecular flexibility index (Phi) is 7.30. The van der Waals surface area contributed by atoms with Gasteiger partial charge in [-0.1, -0.05) is 6.07 Å². The number of anilines is 1. The summed E-state index contributed by atoms with van der Waals surface area (Å²) in [4.78, 5) is 0. The third-order valence-corrected chi connectivity index (χ3v) is 3.11. The predicted molar refractivity (Wildman–Crippen MR) is 75.9 cm³/mol. The summed E-state index contributed by atoms with van der Waals surface area (Å²) in [5.74, 6) is -0.366. The van der Waals surface area contributed by atoms with E-state index in [2.05, 4.69) is 21.2 Å². The Labute approximate surface area is 121 Å². The fourth-order valence-corrected chi connectivity index (χ4v) is 1.99. The molecule has 0 aliphatic rings. The Morgan fingerprint density at radius 2 is 2.16 bits per heavy atom. The van der Waals surface area contributed by atoms with Crippen LogP contribution in [0.1, 0.15) is 6.92 Å². The number of halogens is 2. The van der Waals surface area contributed by atoms with Crippen LogP contribution in [0.2, 0.25) is 0 Å². The molecule has 0 heterocycles. The van der Waals surface area contributed by atoms with E-state index in [1.807, 2.05) is 6.92 Å². The van der Waals surface area contributed by atoms with Crippen molar-refractivity contribution < 1.29 is 19.0 Å². The van der Waals surface area contributed by atoms with Crippen molar-refractivity contribution in [3.05, 3.63) is 28.5 Å². The molecule has 0 saturated heterocycles. The lowest BCUT2D eigenvalue weighted by atomic mass is 10.3. The zero-order chi connectivity index (χ0) is 14.3. The van der Waals surface area contributed by atoms with Crippen LogP contribution in [-0.4, -0.2) is 44.2 Å². The lowest BCUT2D eigenvalue weighted by Gasteiger charge is -2.17. The minimum atomic E-state index is -0.717. The Morgan fingerprint density at radius 3 is 2.79 bits per heavy atom. The highest BCUT2D eigenvalue weighted by Gasteiger charge is 2.11. The van der Waals surface area contributed by atoms with Crippen LogP contribution in [0.25, 0.3) is 0 Å². The van der Waals surface area contributed by atoms with Crippen LogP contribution < -0.4 is 5.32 Å². The van der Waals surface area contributed by atoms with Gasteiger partial charge in [-0.3, -0.25) is 0 Å². The van der Waals surface area contributed by atoms with Crippen molar-refractivity contribution in [2.45, 2.75) is 19.1 Å². The van der Waals surface area contributed by atoms with E-state index in [1.165, 1.54) is 6.07 Å². The molecule has 6 heteroatoms. The molecule has 0 amide bonds. The average Bonchev–Trinajstić information content (AvgIpc) is 2.36. The Hall–Kier alpha value is -0.690. The molecule has 1 rings (SSSR count). The van der Waals surface area contributed by atoms with E-state index in [-0.39, 0.29) is 25.1 Å². The second-order valence-corrected chi connectivity index (χ2v) is 5.09. The highest BCUT2D eigenvalue weighted by molar-refractivity contribution is 9.10. The molecule has 0 bridgehead atoms. The van der Waals surface area contributed by atoms with Crippen molar-refractivity contribution in [2.75, 3.05) is 32.2 Å². The average molecular weight is 336 g/mol. The summed E-state index contributed by atoms with van der Waals surface area (Å²) >= 11 is 3.25. The van der Waals surface area contributed by atoms with Gasteiger partial charge in [-0.15, -0.1) is 0 Å². The van der Waals surface area contributed by atoms with Crippen LogP contribution in [0.5, 0.6) is 0 Å². The molecule has 19 heavy (non-hydrogen) atoms. The summed E-state index contributed by atoms with van der Waals surface area (Å²) in [5, 5.41) is 12.6. The van der Waals surface area contributed by atoms with Crippen molar-refractivity contribution in [1.29, 1.82) is 0 Å². The van der Waals surface area contributed by atoms with E-state index in [1.54, 1.807) is 19.2 Å². The van der Waals surface area contributed by atoms with Gasteiger partial charge in [0.1, 0.15) is 5.82 Å². The number of aliphatic hydroxyl groups excluding tert-OH is 1. The minimum absolute atomic E-state index is 0.0835. The highest BCUT2D eigenvalue weighted by Crippen LogP contribution is 2.24. The molecule has 2 unspecified atom stereocenters. The number of aliphatic hydroxyl groups is 1. The largest absolute Gasteiger partial charge is 0.389 e. The van der Waals surface area contributed by atoms with E-state index in [4.69, 9.17) is 9.47 Å². The first-order valence-electron chi connectivity index (χ1n) is 6.01. The maximum atomic E-state index is 13.5. The van der Waals surface area contributed by atoms with Gasteiger partial charge in [-0.25, -0.2) is 4.39 Å². The zero-order valence-electron chi connectivity index (χ0n) is 11.0. The molecule has 4 nitrogen and oxygen atoms in total. The summed E-state index contributed by atoms with van der Waals surface area (Å²) in [6, 6.07) is 4.70. The van der Waals surface area contributed by atoms with E-state index < -0.39 is 6.10 Å². The first-order valence-corrected chi connectivity index (χ1v) is 6.80. The number of rotatable bonds is 8. The maximum absolute atomic E-state index is 13.5. The van der Waals surface area contributed by atoms with Crippen LogP contribution in [0.15, 0.2) is 22.7 Å². The molecular weight excluding hydrogens is 317 g/mol. The van der Waals surface area contributed by atoms with Crippen molar-refractivity contribution in [3.63, 3.8) is 0 Å². The molecular formula is C13H19BrFNO3. The predicted octanol–water partition coefficient (Wildman–Crippen LogP) is 2.41. The molecule has 0 radical (unpaired) electrons. The van der Waals surface area contributed by atoms with E-state index in [0.29, 0.717) is 16.8 Å². The lowest BCUT2D eigenvalue weighted by molar-refractivity contribution is -0.0282. The van der Waals surface area contributed by atoms with Gasteiger partial charge in [0, 0.05) is 18.1 Å². The maximum Gasteiger partial charge on any atom is 0.147 e. The van der Waals surface area contributed by atoms with E-state index in [9.17, 15) is 9.50 Å². The Morgan fingerprint density at radius 1 is 1.42 bits per heavy atom. The molecule has 0 aliphatic carbocycles. The lowest BCUT2D eigenvalue weighted by Crippen LogP contribution is -2.28. The molecule has 2 atom stereocenters. The van der Waals surface area contributed by atoms with Crippen molar-refractivity contribution in [2.24, 2.45) is 0 Å². The summed E-state index contributed by atoms with van der Waals surface area (Å²) in [5.41, 5.74) is 0.339. The smallest absolute Gasteiger partial charge is 0.147 e. The number of nitrogens with one attached hydrogen (secondary N) is 1. The highest BCUT2D eigenvalue weighted by atomic mass is 79.9. The quantitative estimate of drug-likeness (QED) is 0.766. The van der Waals surface area contributed by atoms with Gasteiger partial charge in [-0.2, -0.15) is 0 Å². The standard InChI is InChI=1S/C13H19BrFNO3/c1-9(7-18-2)19-8-10(17)6-16-13-11(14)4-3-5-12(13)15/h3-5,9-10,16-17H,6-8H2,1-2H3. The van der Waals surface area contributed by atoms with Gasteiger partial charge in [-0.05, 0) is 35.0 Å². The summed E-state index contributed by atoms with van der Waals surface area (Å²) in [7, 11) is 1.59. The number of hydrogen-bond donors (Lipinski definition) is 2. The van der Waals surface area contributed by atoms with Crippen molar-refractivity contribution in [3.8, 4) is 0 Å². The molecule has 0 aromatic heterocycles. The van der Waals surface area contributed by atoms with Crippen LogP contribution >= 0.6 is 15.9 Å². The molecule has 2 N–H and O–H groups in total. The Balaban J connectivity index is 2.36.